The first kappa shape index (κ1) is 18.2. The first-order valence-electron chi connectivity index (χ1n) is 8.85. The molecule has 6 heteroatoms. The highest BCUT2D eigenvalue weighted by atomic mass is 32.1. The van der Waals surface area contributed by atoms with E-state index in [4.69, 9.17) is 4.99 Å². The van der Waals surface area contributed by atoms with Crippen molar-refractivity contribution in [3.63, 3.8) is 0 Å². The standard InChI is InChI=1S/C20H25N5S/c1-3-21-20(23-13-18-16(2)9-12-26-18)24-14-19-22-10-11-25(19)15-17-7-5-4-6-8-17/h4-12H,3,13-15H2,1-2H3,(H2,21,23,24). The molecule has 3 aromatic rings. The lowest BCUT2D eigenvalue weighted by molar-refractivity contribution is 0.717. The Morgan fingerprint density at radius 2 is 2.04 bits per heavy atom. The van der Waals surface area contributed by atoms with Crippen molar-refractivity contribution in [3.8, 4) is 0 Å². The van der Waals surface area contributed by atoms with Gasteiger partial charge in [0.25, 0.3) is 0 Å². The van der Waals surface area contributed by atoms with Crippen LogP contribution in [0.15, 0.2) is 59.2 Å². The van der Waals surface area contributed by atoms with Crippen LogP contribution >= 0.6 is 11.3 Å². The Bertz CT molecular complexity index is 835. The number of benzene rings is 1. The summed E-state index contributed by atoms with van der Waals surface area (Å²) in [5.41, 5.74) is 2.57. The van der Waals surface area contributed by atoms with E-state index >= 15 is 0 Å². The normalized spacial score (nSPS) is 11.5. The molecular formula is C20H25N5S. The molecule has 26 heavy (non-hydrogen) atoms. The van der Waals surface area contributed by atoms with Crippen LogP contribution in [0.2, 0.25) is 0 Å². The molecule has 136 valence electrons. The summed E-state index contributed by atoms with van der Waals surface area (Å²) >= 11 is 1.77. The van der Waals surface area contributed by atoms with Gasteiger partial charge in [-0.25, -0.2) is 9.98 Å². The molecule has 0 aliphatic heterocycles. The molecule has 5 nitrogen and oxygen atoms in total. The second-order valence-electron chi connectivity index (χ2n) is 6.03. The maximum absolute atomic E-state index is 4.70. The molecule has 2 heterocycles. The minimum absolute atomic E-state index is 0.540. The predicted octanol–water partition coefficient (Wildman–Crippen LogP) is 3.56. The Kier molecular flexibility index (Phi) is 6.44. The molecule has 0 spiro atoms. The van der Waals surface area contributed by atoms with E-state index in [0.29, 0.717) is 6.54 Å². The minimum Gasteiger partial charge on any atom is -0.357 e. The molecular weight excluding hydrogens is 342 g/mol. The summed E-state index contributed by atoms with van der Waals surface area (Å²) in [5.74, 6) is 1.77. The zero-order valence-electron chi connectivity index (χ0n) is 15.3. The summed E-state index contributed by atoms with van der Waals surface area (Å²) in [6.45, 7) is 7.17. The van der Waals surface area contributed by atoms with Crippen molar-refractivity contribution in [2.24, 2.45) is 4.99 Å². The van der Waals surface area contributed by atoms with Gasteiger partial charge in [0.2, 0.25) is 0 Å². The summed E-state index contributed by atoms with van der Waals surface area (Å²) in [6, 6.07) is 12.6. The third kappa shape index (κ3) is 4.95. The van der Waals surface area contributed by atoms with Gasteiger partial charge in [0, 0.05) is 30.4 Å². The molecule has 0 amide bonds. The average Bonchev–Trinajstić information content (AvgIpc) is 3.27. The van der Waals surface area contributed by atoms with E-state index in [2.05, 4.69) is 69.7 Å². The lowest BCUT2D eigenvalue weighted by Crippen LogP contribution is -2.36. The molecule has 1 aromatic carbocycles. The fourth-order valence-corrected chi connectivity index (χ4v) is 3.50. The number of guanidine groups is 1. The van der Waals surface area contributed by atoms with Crippen molar-refractivity contribution in [2.75, 3.05) is 6.54 Å². The zero-order chi connectivity index (χ0) is 18.2. The van der Waals surface area contributed by atoms with E-state index in [1.165, 1.54) is 16.0 Å². The summed E-state index contributed by atoms with van der Waals surface area (Å²) in [7, 11) is 0. The number of nitrogens with one attached hydrogen (secondary N) is 2. The maximum atomic E-state index is 4.70. The van der Waals surface area contributed by atoms with Crippen LogP contribution < -0.4 is 10.6 Å². The van der Waals surface area contributed by atoms with Gasteiger partial charge in [0.15, 0.2) is 5.96 Å². The highest BCUT2D eigenvalue weighted by Gasteiger charge is 2.05. The molecule has 0 aliphatic carbocycles. The van der Waals surface area contributed by atoms with E-state index in [9.17, 15) is 0 Å². The molecule has 3 rings (SSSR count). The molecule has 0 bridgehead atoms. The van der Waals surface area contributed by atoms with Crippen LogP contribution in [0.3, 0.4) is 0 Å². The molecule has 0 saturated carbocycles. The van der Waals surface area contributed by atoms with Gasteiger partial charge in [-0.05, 0) is 36.4 Å². The lowest BCUT2D eigenvalue weighted by Gasteiger charge is -2.11. The van der Waals surface area contributed by atoms with Crippen molar-refractivity contribution < 1.29 is 0 Å². The first-order valence-corrected chi connectivity index (χ1v) is 9.73. The largest absolute Gasteiger partial charge is 0.357 e. The zero-order valence-corrected chi connectivity index (χ0v) is 16.1. The van der Waals surface area contributed by atoms with Crippen LogP contribution in [-0.4, -0.2) is 22.1 Å². The second-order valence-corrected chi connectivity index (χ2v) is 7.03. The van der Waals surface area contributed by atoms with Crippen LogP contribution in [0.25, 0.3) is 0 Å². The number of hydrogen-bond donors (Lipinski definition) is 2. The van der Waals surface area contributed by atoms with E-state index in [1.54, 1.807) is 11.3 Å². The van der Waals surface area contributed by atoms with Crippen LogP contribution in [0, 0.1) is 6.92 Å². The third-order valence-corrected chi connectivity index (χ3v) is 5.13. The minimum atomic E-state index is 0.540. The lowest BCUT2D eigenvalue weighted by atomic mass is 10.2. The Morgan fingerprint density at radius 3 is 2.77 bits per heavy atom. The quantitative estimate of drug-likeness (QED) is 0.496. The van der Waals surface area contributed by atoms with Gasteiger partial charge >= 0.3 is 0 Å². The number of aliphatic imine (C=N–C) groups is 1. The number of thiophene rings is 1. The molecule has 0 saturated heterocycles. The summed E-state index contributed by atoms with van der Waals surface area (Å²) in [4.78, 5) is 10.5. The van der Waals surface area contributed by atoms with Gasteiger partial charge in [-0.15, -0.1) is 11.3 Å². The van der Waals surface area contributed by atoms with Crippen molar-refractivity contribution >= 4 is 17.3 Å². The number of rotatable bonds is 7. The van der Waals surface area contributed by atoms with Gasteiger partial charge in [-0.1, -0.05) is 30.3 Å². The smallest absolute Gasteiger partial charge is 0.191 e. The number of aryl methyl sites for hydroxylation is 1. The third-order valence-electron chi connectivity index (χ3n) is 4.10. The predicted molar refractivity (Wildman–Crippen MR) is 108 cm³/mol. The van der Waals surface area contributed by atoms with Crippen LogP contribution in [-0.2, 0) is 19.6 Å². The maximum Gasteiger partial charge on any atom is 0.191 e. The molecule has 0 radical (unpaired) electrons. The van der Waals surface area contributed by atoms with Gasteiger partial charge in [-0.2, -0.15) is 0 Å². The van der Waals surface area contributed by atoms with Gasteiger partial charge in [-0.3, -0.25) is 0 Å². The number of nitrogens with zero attached hydrogens (tertiary/aromatic N) is 3. The Morgan fingerprint density at radius 1 is 1.19 bits per heavy atom. The van der Waals surface area contributed by atoms with Crippen molar-refractivity contribution in [1.82, 2.24) is 20.2 Å². The van der Waals surface area contributed by atoms with E-state index in [1.807, 2.05) is 18.5 Å². The number of imidazole rings is 1. The monoisotopic (exact) mass is 367 g/mol. The van der Waals surface area contributed by atoms with Gasteiger partial charge in [0.05, 0.1) is 6.54 Å². The highest BCUT2D eigenvalue weighted by Crippen LogP contribution is 2.14. The Labute approximate surface area is 158 Å². The van der Waals surface area contributed by atoms with E-state index in [-0.39, 0.29) is 0 Å². The summed E-state index contributed by atoms with van der Waals surface area (Å²) < 4.78 is 2.14. The molecule has 2 aromatic heterocycles. The van der Waals surface area contributed by atoms with Crippen molar-refractivity contribution in [2.45, 2.75) is 33.5 Å². The molecule has 2 N–H and O–H groups in total. The van der Waals surface area contributed by atoms with Crippen molar-refractivity contribution in [3.05, 3.63) is 76.0 Å². The Hall–Kier alpha value is -2.60. The SMILES string of the molecule is CCNC(=NCc1nccn1Cc1ccccc1)NCc1sccc1C. The molecule has 0 aliphatic rings. The van der Waals surface area contributed by atoms with Crippen LogP contribution in [0.5, 0.6) is 0 Å². The first-order chi connectivity index (χ1) is 12.8. The fraction of sp³-hybridized carbons (Fsp3) is 0.300. The highest BCUT2D eigenvalue weighted by molar-refractivity contribution is 7.10. The number of aromatic nitrogens is 2. The van der Waals surface area contributed by atoms with E-state index in [0.717, 1.165) is 31.4 Å². The molecule has 0 unspecified atom stereocenters. The van der Waals surface area contributed by atoms with Crippen molar-refractivity contribution in [1.29, 1.82) is 0 Å². The molecule has 0 fully saturated rings. The van der Waals surface area contributed by atoms with Crippen LogP contribution in [0.1, 0.15) is 28.8 Å². The van der Waals surface area contributed by atoms with Gasteiger partial charge in [0.1, 0.15) is 12.4 Å². The summed E-state index contributed by atoms with van der Waals surface area (Å²) in [5, 5.41) is 8.83. The summed E-state index contributed by atoms with van der Waals surface area (Å²) in [6.07, 6.45) is 3.84. The fourth-order valence-electron chi connectivity index (χ4n) is 2.66. The Balaban J connectivity index is 1.64. The topological polar surface area (TPSA) is 54.2 Å². The van der Waals surface area contributed by atoms with Crippen LogP contribution in [0.4, 0.5) is 0 Å². The van der Waals surface area contributed by atoms with Gasteiger partial charge < -0.3 is 15.2 Å². The average molecular weight is 368 g/mol. The molecule has 0 atom stereocenters. The van der Waals surface area contributed by atoms with E-state index < -0.39 is 0 Å². The second kappa shape index (κ2) is 9.20. The number of hydrogen-bond acceptors (Lipinski definition) is 3.